The zero-order valence-electron chi connectivity index (χ0n) is 9.36. The van der Waals surface area contributed by atoms with Crippen molar-refractivity contribution < 1.29 is 5.11 Å². The van der Waals surface area contributed by atoms with Crippen LogP contribution in [0, 0.1) is 13.8 Å². The summed E-state index contributed by atoms with van der Waals surface area (Å²) < 4.78 is 0. The summed E-state index contributed by atoms with van der Waals surface area (Å²) in [5.41, 5.74) is 4.59. The highest BCUT2D eigenvalue weighted by atomic mass is 32.1. The lowest BCUT2D eigenvalue weighted by molar-refractivity contribution is 0.463. The van der Waals surface area contributed by atoms with Crippen molar-refractivity contribution in [2.45, 2.75) is 18.7 Å². The summed E-state index contributed by atoms with van der Waals surface area (Å²) >= 11 is 4.15. The highest BCUT2D eigenvalue weighted by molar-refractivity contribution is 7.80. The molecule has 0 atom stereocenters. The van der Waals surface area contributed by atoms with Gasteiger partial charge in [-0.3, -0.25) is 0 Å². The standard InChI is InChI=1S/C14H14OS/c1-9-5-10(2)7-12(6-9)11-3-4-14(16)13(15)8-11/h3-8,15-16H,1-2H3. The fourth-order valence-electron chi connectivity index (χ4n) is 1.84. The van der Waals surface area contributed by atoms with Gasteiger partial charge in [0.1, 0.15) is 5.75 Å². The maximum Gasteiger partial charge on any atom is 0.129 e. The first-order valence-electron chi connectivity index (χ1n) is 5.17. The largest absolute Gasteiger partial charge is 0.507 e. The topological polar surface area (TPSA) is 20.2 Å². The van der Waals surface area contributed by atoms with Crippen molar-refractivity contribution in [2.75, 3.05) is 0 Å². The van der Waals surface area contributed by atoms with Crippen LogP contribution in [0.4, 0.5) is 0 Å². The molecule has 2 aromatic rings. The van der Waals surface area contributed by atoms with Crippen LogP contribution in [0.25, 0.3) is 11.1 Å². The van der Waals surface area contributed by atoms with E-state index in [0.717, 1.165) is 11.1 Å². The van der Waals surface area contributed by atoms with Crippen LogP contribution in [-0.2, 0) is 0 Å². The highest BCUT2D eigenvalue weighted by Gasteiger charge is 2.03. The maximum absolute atomic E-state index is 9.62. The average molecular weight is 230 g/mol. The molecular formula is C14H14OS. The number of phenolic OH excluding ortho intramolecular Hbond substituents is 1. The quantitative estimate of drug-likeness (QED) is 0.710. The molecule has 0 aromatic heterocycles. The van der Waals surface area contributed by atoms with Crippen LogP contribution in [0.2, 0.25) is 0 Å². The minimum absolute atomic E-state index is 0.222. The van der Waals surface area contributed by atoms with Gasteiger partial charge in [-0.1, -0.05) is 35.4 Å². The van der Waals surface area contributed by atoms with Gasteiger partial charge in [0.2, 0.25) is 0 Å². The molecule has 0 aliphatic heterocycles. The zero-order chi connectivity index (χ0) is 11.7. The van der Waals surface area contributed by atoms with Gasteiger partial charge in [0.05, 0.1) is 0 Å². The smallest absolute Gasteiger partial charge is 0.129 e. The minimum Gasteiger partial charge on any atom is -0.507 e. The van der Waals surface area contributed by atoms with Gasteiger partial charge in [0, 0.05) is 4.90 Å². The first-order valence-corrected chi connectivity index (χ1v) is 5.61. The summed E-state index contributed by atoms with van der Waals surface area (Å²) in [6.07, 6.45) is 0. The summed E-state index contributed by atoms with van der Waals surface area (Å²) in [4.78, 5) is 0.605. The molecule has 0 aliphatic carbocycles. The molecule has 2 aromatic carbocycles. The predicted octanol–water partition coefficient (Wildman–Crippen LogP) is 3.96. The Morgan fingerprint density at radius 1 is 0.875 bits per heavy atom. The Balaban J connectivity index is 2.54. The lowest BCUT2D eigenvalue weighted by atomic mass is 10.0. The fraction of sp³-hybridized carbons (Fsp3) is 0.143. The summed E-state index contributed by atoms with van der Waals surface area (Å²) in [5, 5.41) is 9.62. The van der Waals surface area contributed by atoms with E-state index in [9.17, 15) is 5.11 Å². The maximum atomic E-state index is 9.62. The van der Waals surface area contributed by atoms with Crippen LogP contribution in [0.5, 0.6) is 5.75 Å². The van der Waals surface area contributed by atoms with Crippen LogP contribution in [0.15, 0.2) is 41.3 Å². The molecule has 0 bridgehead atoms. The van der Waals surface area contributed by atoms with E-state index in [1.54, 1.807) is 6.07 Å². The molecule has 0 amide bonds. The third kappa shape index (κ3) is 2.22. The number of hydrogen-bond acceptors (Lipinski definition) is 2. The Labute approximate surface area is 101 Å². The van der Waals surface area contributed by atoms with E-state index in [1.165, 1.54) is 11.1 Å². The van der Waals surface area contributed by atoms with Gasteiger partial charge < -0.3 is 5.11 Å². The van der Waals surface area contributed by atoms with Crippen LogP contribution >= 0.6 is 12.6 Å². The van der Waals surface area contributed by atoms with Gasteiger partial charge in [-0.25, -0.2) is 0 Å². The number of thiol groups is 1. The third-order valence-electron chi connectivity index (χ3n) is 2.53. The zero-order valence-corrected chi connectivity index (χ0v) is 10.3. The average Bonchev–Trinajstić information content (AvgIpc) is 2.20. The van der Waals surface area contributed by atoms with Crippen molar-refractivity contribution in [3.8, 4) is 16.9 Å². The van der Waals surface area contributed by atoms with Gasteiger partial charge in [0.15, 0.2) is 0 Å². The van der Waals surface area contributed by atoms with Gasteiger partial charge in [-0.05, 0) is 37.1 Å². The normalized spacial score (nSPS) is 10.4. The van der Waals surface area contributed by atoms with Crippen molar-refractivity contribution >= 4 is 12.6 Å². The summed E-state index contributed by atoms with van der Waals surface area (Å²) in [6, 6.07) is 11.9. The Bertz CT molecular complexity index is 512. The lowest BCUT2D eigenvalue weighted by Crippen LogP contribution is -1.83. The second kappa shape index (κ2) is 4.22. The summed E-state index contributed by atoms with van der Waals surface area (Å²) in [6.45, 7) is 4.15. The van der Waals surface area contributed by atoms with E-state index in [0.29, 0.717) is 4.90 Å². The van der Waals surface area contributed by atoms with E-state index in [2.05, 4.69) is 44.7 Å². The number of hydrogen-bond donors (Lipinski definition) is 2. The van der Waals surface area contributed by atoms with Crippen molar-refractivity contribution in [1.29, 1.82) is 0 Å². The number of aromatic hydroxyl groups is 1. The lowest BCUT2D eigenvalue weighted by Gasteiger charge is -2.06. The molecule has 0 radical (unpaired) electrons. The van der Waals surface area contributed by atoms with Gasteiger partial charge >= 0.3 is 0 Å². The van der Waals surface area contributed by atoms with Gasteiger partial charge in [-0.15, -0.1) is 12.6 Å². The number of rotatable bonds is 1. The van der Waals surface area contributed by atoms with E-state index in [-0.39, 0.29) is 5.75 Å². The minimum atomic E-state index is 0.222. The van der Waals surface area contributed by atoms with Crippen LogP contribution < -0.4 is 0 Å². The van der Waals surface area contributed by atoms with Crippen molar-refractivity contribution in [1.82, 2.24) is 0 Å². The van der Waals surface area contributed by atoms with E-state index in [4.69, 9.17) is 0 Å². The molecular weight excluding hydrogens is 216 g/mol. The van der Waals surface area contributed by atoms with Gasteiger partial charge in [0.25, 0.3) is 0 Å². The van der Waals surface area contributed by atoms with Gasteiger partial charge in [-0.2, -0.15) is 0 Å². The predicted molar refractivity (Wildman–Crippen MR) is 70.3 cm³/mol. The van der Waals surface area contributed by atoms with Crippen molar-refractivity contribution in [3.63, 3.8) is 0 Å². The molecule has 16 heavy (non-hydrogen) atoms. The number of aryl methyl sites for hydroxylation is 2. The molecule has 82 valence electrons. The van der Waals surface area contributed by atoms with Crippen molar-refractivity contribution in [2.24, 2.45) is 0 Å². The molecule has 0 heterocycles. The fourth-order valence-corrected chi connectivity index (χ4v) is 1.98. The molecule has 0 saturated heterocycles. The molecule has 0 unspecified atom stereocenters. The highest BCUT2D eigenvalue weighted by Crippen LogP contribution is 2.29. The summed E-state index contributed by atoms with van der Waals surface area (Å²) in [7, 11) is 0. The molecule has 1 nitrogen and oxygen atoms in total. The van der Waals surface area contributed by atoms with E-state index < -0.39 is 0 Å². The Hall–Kier alpha value is -1.41. The molecule has 2 rings (SSSR count). The molecule has 2 heteroatoms. The molecule has 1 N–H and O–H groups in total. The Morgan fingerprint density at radius 3 is 2.06 bits per heavy atom. The molecule has 0 aliphatic rings. The molecule has 0 fully saturated rings. The Kier molecular flexibility index (Phi) is 2.92. The first-order chi connectivity index (χ1) is 7.56. The first kappa shape index (κ1) is 11.1. The third-order valence-corrected chi connectivity index (χ3v) is 2.91. The molecule has 0 saturated carbocycles. The molecule has 0 spiro atoms. The second-order valence-electron chi connectivity index (χ2n) is 4.08. The van der Waals surface area contributed by atoms with Crippen LogP contribution in [-0.4, -0.2) is 5.11 Å². The van der Waals surface area contributed by atoms with Crippen LogP contribution in [0.3, 0.4) is 0 Å². The second-order valence-corrected chi connectivity index (χ2v) is 4.56. The van der Waals surface area contributed by atoms with E-state index >= 15 is 0 Å². The number of benzene rings is 2. The number of phenols is 1. The Morgan fingerprint density at radius 2 is 1.50 bits per heavy atom. The van der Waals surface area contributed by atoms with E-state index in [1.807, 2.05) is 12.1 Å². The van der Waals surface area contributed by atoms with Crippen LogP contribution in [0.1, 0.15) is 11.1 Å². The monoisotopic (exact) mass is 230 g/mol. The van der Waals surface area contributed by atoms with Crippen molar-refractivity contribution in [3.05, 3.63) is 47.5 Å². The summed E-state index contributed by atoms with van der Waals surface area (Å²) in [5.74, 6) is 0.222. The SMILES string of the molecule is Cc1cc(C)cc(-c2ccc(S)c(O)c2)c1.